The maximum absolute atomic E-state index is 8.78. The Morgan fingerprint density at radius 2 is 2.24 bits per heavy atom. The van der Waals surface area contributed by atoms with Crippen LogP contribution in [0.1, 0.15) is 42.9 Å². The van der Waals surface area contributed by atoms with E-state index in [4.69, 9.17) is 5.26 Å². The maximum atomic E-state index is 8.78. The van der Waals surface area contributed by atoms with Crippen LogP contribution in [0.15, 0.2) is 12.1 Å². The minimum Gasteiger partial charge on any atom is -0.309 e. The molecule has 1 heterocycles. The maximum Gasteiger partial charge on any atom is 0.110 e. The first-order valence-corrected chi connectivity index (χ1v) is 7.23. The quantitative estimate of drug-likeness (QED) is 0.888. The van der Waals surface area contributed by atoms with Gasteiger partial charge in [0, 0.05) is 17.5 Å². The van der Waals surface area contributed by atoms with Crippen molar-refractivity contribution < 1.29 is 0 Å². The zero-order chi connectivity index (χ0) is 12.3. The third-order valence-electron chi connectivity index (χ3n) is 3.74. The van der Waals surface area contributed by atoms with Crippen LogP contribution in [-0.4, -0.2) is 6.04 Å². The molecular weight excluding hydrogens is 228 g/mol. The molecule has 1 aliphatic carbocycles. The van der Waals surface area contributed by atoms with Crippen LogP contribution in [0.5, 0.6) is 0 Å². The molecule has 3 atom stereocenters. The summed E-state index contributed by atoms with van der Waals surface area (Å²) in [7, 11) is 0. The number of hydrogen-bond acceptors (Lipinski definition) is 3. The van der Waals surface area contributed by atoms with E-state index in [9.17, 15) is 0 Å². The van der Waals surface area contributed by atoms with Gasteiger partial charge in [-0.15, -0.1) is 11.3 Å². The standard InChI is InChI=1S/C14H20N2S/c1-10-3-6-14(11(2)7-10)16-9-13-5-4-12(8-15)17-13/h4-5,10-11,14,16H,3,6-7,9H2,1-2H3. The van der Waals surface area contributed by atoms with E-state index in [0.29, 0.717) is 6.04 Å². The fourth-order valence-corrected chi connectivity index (χ4v) is 3.49. The van der Waals surface area contributed by atoms with Gasteiger partial charge in [0.15, 0.2) is 0 Å². The van der Waals surface area contributed by atoms with Gasteiger partial charge in [-0.2, -0.15) is 5.26 Å². The number of hydrogen-bond donors (Lipinski definition) is 1. The zero-order valence-electron chi connectivity index (χ0n) is 10.6. The normalized spacial score (nSPS) is 28.9. The van der Waals surface area contributed by atoms with Crippen LogP contribution < -0.4 is 5.32 Å². The van der Waals surface area contributed by atoms with E-state index in [1.165, 1.54) is 24.1 Å². The van der Waals surface area contributed by atoms with Gasteiger partial charge in [0.2, 0.25) is 0 Å². The summed E-state index contributed by atoms with van der Waals surface area (Å²) >= 11 is 1.60. The molecule has 1 aromatic rings. The van der Waals surface area contributed by atoms with Crippen molar-refractivity contribution in [1.82, 2.24) is 5.32 Å². The topological polar surface area (TPSA) is 35.8 Å². The van der Waals surface area contributed by atoms with E-state index in [2.05, 4.69) is 31.3 Å². The Morgan fingerprint density at radius 1 is 1.41 bits per heavy atom. The van der Waals surface area contributed by atoms with Crippen molar-refractivity contribution in [2.24, 2.45) is 11.8 Å². The fraction of sp³-hybridized carbons (Fsp3) is 0.643. The van der Waals surface area contributed by atoms with Gasteiger partial charge < -0.3 is 5.32 Å². The largest absolute Gasteiger partial charge is 0.309 e. The van der Waals surface area contributed by atoms with Gasteiger partial charge in [-0.05, 0) is 43.2 Å². The first-order valence-electron chi connectivity index (χ1n) is 6.41. The Kier molecular flexibility index (Phi) is 4.20. The number of nitrogens with one attached hydrogen (secondary N) is 1. The molecule has 1 saturated carbocycles. The highest BCUT2D eigenvalue weighted by Crippen LogP contribution is 2.29. The molecule has 0 bridgehead atoms. The summed E-state index contributed by atoms with van der Waals surface area (Å²) in [5, 5.41) is 12.4. The van der Waals surface area contributed by atoms with Crippen LogP contribution in [0, 0.1) is 23.2 Å². The second-order valence-electron chi connectivity index (χ2n) is 5.26. The monoisotopic (exact) mass is 248 g/mol. The van der Waals surface area contributed by atoms with Gasteiger partial charge in [-0.1, -0.05) is 13.8 Å². The van der Waals surface area contributed by atoms with Gasteiger partial charge in [0.05, 0.1) is 0 Å². The first kappa shape index (κ1) is 12.6. The highest BCUT2D eigenvalue weighted by atomic mass is 32.1. The highest BCUT2D eigenvalue weighted by molar-refractivity contribution is 7.12. The van der Waals surface area contributed by atoms with Gasteiger partial charge in [-0.25, -0.2) is 0 Å². The average molecular weight is 248 g/mol. The smallest absolute Gasteiger partial charge is 0.110 e. The van der Waals surface area contributed by atoms with E-state index >= 15 is 0 Å². The summed E-state index contributed by atoms with van der Waals surface area (Å²) in [5.74, 6) is 1.66. The van der Waals surface area contributed by atoms with Crippen LogP contribution in [-0.2, 0) is 6.54 Å². The number of thiophene rings is 1. The predicted molar refractivity (Wildman–Crippen MR) is 71.8 cm³/mol. The van der Waals surface area contributed by atoms with Crippen molar-refractivity contribution in [3.8, 4) is 6.07 Å². The Labute approximate surface area is 108 Å². The summed E-state index contributed by atoms with van der Waals surface area (Å²) in [4.78, 5) is 2.08. The lowest BCUT2D eigenvalue weighted by atomic mass is 9.80. The van der Waals surface area contributed by atoms with Crippen molar-refractivity contribution >= 4 is 11.3 Å². The summed E-state index contributed by atoms with van der Waals surface area (Å²) in [6.07, 6.45) is 3.97. The van der Waals surface area contributed by atoms with E-state index in [1.807, 2.05) is 6.07 Å². The molecule has 0 aliphatic heterocycles. The fourth-order valence-electron chi connectivity index (χ4n) is 2.73. The molecule has 1 aromatic heterocycles. The van der Waals surface area contributed by atoms with Crippen molar-refractivity contribution in [1.29, 1.82) is 5.26 Å². The predicted octanol–water partition coefficient (Wildman–Crippen LogP) is 3.53. The summed E-state index contributed by atoms with van der Waals surface area (Å²) in [5.41, 5.74) is 0. The second kappa shape index (κ2) is 5.66. The van der Waals surface area contributed by atoms with Crippen LogP contribution in [0.4, 0.5) is 0 Å². The minimum atomic E-state index is 0.652. The molecule has 3 unspecified atom stereocenters. The van der Waals surface area contributed by atoms with Gasteiger partial charge in [0.25, 0.3) is 0 Å². The Hall–Kier alpha value is -0.850. The summed E-state index contributed by atoms with van der Waals surface area (Å²) < 4.78 is 0. The van der Waals surface area contributed by atoms with Crippen molar-refractivity contribution in [3.63, 3.8) is 0 Å². The van der Waals surface area contributed by atoms with Gasteiger partial charge in [-0.3, -0.25) is 0 Å². The zero-order valence-corrected chi connectivity index (χ0v) is 11.4. The summed E-state index contributed by atoms with van der Waals surface area (Å²) in [6.45, 7) is 5.61. The van der Waals surface area contributed by atoms with Crippen LogP contribution in [0.25, 0.3) is 0 Å². The molecule has 2 rings (SSSR count). The molecule has 3 heteroatoms. The van der Waals surface area contributed by atoms with E-state index in [-0.39, 0.29) is 0 Å². The van der Waals surface area contributed by atoms with Crippen molar-refractivity contribution in [3.05, 3.63) is 21.9 Å². The lowest BCUT2D eigenvalue weighted by molar-refractivity contribution is 0.227. The number of nitrogens with zero attached hydrogens (tertiary/aromatic N) is 1. The molecule has 0 saturated heterocycles. The van der Waals surface area contributed by atoms with Gasteiger partial charge >= 0.3 is 0 Å². The molecule has 1 fully saturated rings. The van der Waals surface area contributed by atoms with E-state index < -0.39 is 0 Å². The van der Waals surface area contributed by atoms with Crippen LogP contribution in [0.3, 0.4) is 0 Å². The van der Waals surface area contributed by atoms with Gasteiger partial charge in [0.1, 0.15) is 10.9 Å². The van der Waals surface area contributed by atoms with Crippen molar-refractivity contribution in [2.45, 2.75) is 45.7 Å². The molecule has 0 spiro atoms. The second-order valence-corrected chi connectivity index (χ2v) is 6.43. The lowest BCUT2D eigenvalue weighted by Crippen LogP contribution is -2.38. The SMILES string of the molecule is CC1CCC(NCc2ccc(C#N)s2)C(C)C1. The molecule has 0 aromatic carbocycles. The average Bonchev–Trinajstić information content (AvgIpc) is 2.76. The molecular formula is C14H20N2S. The molecule has 1 aliphatic rings. The Morgan fingerprint density at radius 3 is 2.88 bits per heavy atom. The molecule has 92 valence electrons. The number of rotatable bonds is 3. The minimum absolute atomic E-state index is 0.652. The molecule has 2 nitrogen and oxygen atoms in total. The van der Waals surface area contributed by atoms with Crippen molar-refractivity contribution in [2.75, 3.05) is 0 Å². The molecule has 0 radical (unpaired) electrons. The third kappa shape index (κ3) is 3.31. The number of nitriles is 1. The Balaban J connectivity index is 1.84. The van der Waals surface area contributed by atoms with Crippen LogP contribution in [0.2, 0.25) is 0 Å². The summed E-state index contributed by atoms with van der Waals surface area (Å²) in [6, 6.07) is 6.81. The third-order valence-corrected chi connectivity index (χ3v) is 4.73. The molecule has 17 heavy (non-hydrogen) atoms. The lowest BCUT2D eigenvalue weighted by Gasteiger charge is -2.33. The molecule has 1 N–H and O–H groups in total. The molecule has 0 amide bonds. The highest BCUT2D eigenvalue weighted by Gasteiger charge is 2.24. The van der Waals surface area contributed by atoms with E-state index in [1.54, 1.807) is 11.3 Å². The first-order chi connectivity index (χ1) is 8.19. The Bertz CT molecular complexity index is 405. The van der Waals surface area contributed by atoms with E-state index in [0.717, 1.165) is 23.3 Å². The van der Waals surface area contributed by atoms with Crippen LogP contribution >= 0.6 is 11.3 Å².